The Morgan fingerprint density at radius 3 is 2.77 bits per heavy atom. The fourth-order valence-electron chi connectivity index (χ4n) is 4.64. The number of hydrogen-bond acceptors (Lipinski definition) is 8. The number of hydrogen-bond donors (Lipinski definition) is 4. The van der Waals surface area contributed by atoms with Gasteiger partial charge in [-0.25, -0.2) is 9.97 Å². The number of fused-ring (bicyclic) bond motifs is 2. The van der Waals surface area contributed by atoms with E-state index in [1.54, 1.807) is 10.7 Å². The second-order valence-electron chi connectivity index (χ2n) is 8.64. The van der Waals surface area contributed by atoms with Gasteiger partial charge in [0, 0.05) is 50.2 Å². The van der Waals surface area contributed by atoms with Crippen LogP contribution in [-0.2, 0) is 4.74 Å². The Balaban J connectivity index is 0.00000124. The summed E-state index contributed by atoms with van der Waals surface area (Å²) in [5.74, 6) is 0.430. The molecule has 184 valence electrons. The number of rotatable bonds is 5. The average Bonchev–Trinajstić information content (AvgIpc) is 3.65. The number of anilines is 1. The summed E-state index contributed by atoms with van der Waals surface area (Å²) in [6.07, 6.45) is 7.31. The fraction of sp³-hybridized carbons (Fsp3) is 0.417. The first kappa shape index (κ1) is 23.2. The Kier molecular flexibility index (Phi) is 6.37. The number of carbonyl (C=O) groups excluding carboxylic acids is 1. The molecule has 4 aromatic heterocycles. The van der Waals surface area contributed by atoms with E-state index in [2.05, 4.69) is 31.5 Å². The normalized spacial score (nSPS) is 21.4. The molecule has 5 heterocycles. The van der Waals surface area contributed by atoms with E-state index >= 15 is 0 Å². The molecule has 0 spiro atoms. The van der Waals surface area contributed by atoms with Gasteiger partial charge in [-0.15, -0.1) is 0 Å². The van der Waals surface area contributed by atoms with Crippen molar-refractivity contribution in [1.82, 2.24) is 29.5 Å². The van der Waals surface area contributed by atoms with Crippen LogP contribution in [0.1, 0.15) is 35.7 Å². The van der Waals surface area contributed by atoms with E-state index in [0.29, 0.717) is 30.1 Å². The van der Waals surface area contributed by atoms with Crippen molar-refractivity contribution in [2.75, 3.05) is 32.7 Å². The van der Waals surface area contributed by atoms with E-state index in [-0.39, 0.29) is 18.0 Å². The van der Waals surface area contributed by atoms with Gasteiger partial charge in [-0.2, -0.15) is 9.61 Å². The van der Waals surface area contributed by atoms with Crippen LogP contribution in [0.4, 0.5) is 5.82 Å². The standard InChI is InChI=1S/C23H25N7O3.CH4O/c1-24-20-9-18(16-11-29(13-6-8-33-12-13)21-14(16)3-2-7-25-21)27-22-15(10-26-30(20)22)23(32)28-17-4-5-19(17)31;1-2/h2-3,7,9-11,13,17,19,24,31H,4-6,8,12H2,1H3,(H,28,32);2H,1H3/t13?,17-,19+;/m0./s1. The summed E-state index contributed by atoms with van der Waals surface area (Å²) < 4.78 is 9.40. The van der Waals surface area contributed by atoms with E-state index in [1.807, 2.05) is 25.2 Å². The molecule has 1 saturated carbocycles. The Labute approximate surface area is 201 Å². The van der Waals surface area contributed by atoms with Gasteiger partial charge in [0.1, 0.15) is 17.0 Å². The monoisotopic (exact) mass is 479 g/mol. The Bertz CT molecular complexity index is 1360. The van der Waals surface area contributed by atoms with Gasteiger partial charge < -0.3 is 30.2 Å². The van der Waals surface area contributed by atoms with E-state index in [9.17, 15) is 9.90 Å². The van der Waals surface area contributed by atoms with Gasteiger partial charge >= 0.3 is 0 Å². The zero-order valence-corrected chi connectivity index (χ0v) is 19.7. The minimum Gasteiger partial charge on any atom is -0.400 e. The zero-order valence-electron chi connectivity index (χ0n) is 19.7. The molecular weight excluding hydrogens is 450 g/mol. The molecule has 11 nitrogen and oxygen atoms in total. The van der Waals surface area contributed by atoms with Gasteiger partial charge in [-0.1, -0.05) is 0 Å². The fourth-order valence-corrected chi connectivity index (χ4v) is 4.64. The third kappa shape index (κ3) is 4.01. The minimum absolute atomic E-state index is 0.225. The van der Waals surface area contributed by atoms with E-state index in [1.165, 1.54) is 6.20 Å². The third-order valence-electron chi connectivity index (χ3n) is 6.69. The Morgan fingerprint density at radius 1 is 1.23 bits per heavy atom. The summed E-state index contributed by atoms with van der Waals surface area (Å²) >= 11 is 0. The quantitative estimate of drug-likeness (QED) is 0.339. The Hall–Kier alpha value is -3.54. The largest absolute Gasteiger partial charge is 0.400 e. The van der Waals surface area contributed by atoms with Crippen molar-refractivity contribution >= 4 is 28.4 Å². The molecule has 6 rings (SSSR count). The molecule has 1 amide bonds. The first-order valence-corrected chi connectivity index (χ1v) is 11.7. The Morgan fingerprint density at radius 2 is 2.09 bits per heavy atom. The summed E-state index contributed by atoms with van der Waals surface area (Å²) in [6, 6.07) is 5.89. The predicted molar refractivity (Wildman–Crippen MR) is 130 cm³/mol. The van der Waals surface area contributed by atoms with Gasteiger partial charge in [-0.3, -0.25) is 4.79 Å². The van der Waals surface area contributed by atoms with Crippen molar-refractivity contribution in [1.29, 1.82) is 0 Å². The van der Waals surface area contributed by atoms with Crippen LogP contribution in [0.25, 0.3) is 27.9 Å². The topological polar surface area (TPSA) is 139 Å². The zero-order chi connectivity index (χ0) is 24.5. The molecular formula is C24H29N7O4. The van der Waals surface area contributed by atoms with Crippen molar-refractivity contribution in [3.8, 4) is 11.3 Å². The van der Waals surface area contributed by atoms with Crippen LogP contribution in [0.5, 0.6) is 0 Å². The van der Waals surface area contributed by atoms with Crippen molar-refractivity contribution < 1.29 is 19.7 Å². The van der Waals surface area contributed by atoms with E-state index in [4.69, 9.17) is 14.8 Å². The van der Waals surface area contributed by atoms with Crippen LogP contribution in [0.15, 0.2) is 36.8 Å². The van der Waals surface area contributed by atoms with Crippen LogP contribution in [0, 0.1) is 0 Å². The number of pyridine rings is 1. The molecule has 1 aliphatic heterocycles. The maximum absolute atomic E-state index is 12.9. The number of aliphatic hydroxyl groups is 2. The lowest BCUT2D eigenvalue weighted by molar-refractivity contribution is 0.0448. The number of ether oxygens (including phenoxy) is 1. The van der Waals surface area contributed by atoms with Crippen molar-refractivity contribution in [3.63, 3.8) is 0 Å². The molecule has 2 fully saturated rings. The molecule has 1 unspecified atom stereocenters. The highest BCUT2D eigenvalue weighted by atomic mass is 16.5. The summed E-state index contributed by atoms with van der Waals surface area (Å²) in [5, 5.41) is 28.3. The van der Waals surface area contributed by atoms with E-state index in [0.717, 1.165) is 48.8 Å². The molecule has 0 radical (unpaired) electrons. The molecule has 35 heavy (non-hydrogen) atoms. The summed E-state index contributed by atoms with van der Waals surface area (Å²) in [7, 11) is 2.81. The molecule has 1 saturated heterocycles. The SMILES string of the molecule is CNc1cc(-c2cn(C3CCOC3)c3ncccc23)nc2c(C(=O)N[C@H]3CC[C@H]3O)cnn12.CO. The first-order valence-electron chi connectivity index (χ1n) is 11.7. The second-order valence-corrected chi connectivity index (χ2v) is 8.64. The van der Waals surface area contributed by atoms with Crippen LogP contribution in [0.3, 0.4) is 0 Å². The number of amides is 1. The van der Waals surface area contributed by atoms with Crippen LogP contribution in [0.2, 0.25) is 0 Å². The molecule has 3 atom stereocenters. The number of aliphatic hydroxyl groups excluding tert-OH is 2. The van der Waals surface area contributed by atoms with Gasteiger partial charge in [-0.05, 0) is 31.4 Å². The van der Waals surface area contributed by atoms with Gasteiger partial charge in [0.25, 0.3) is 5.91 Å². The molecule has 4 N–H and O–H groups in total. The van der Waals surface area contributed by atoms with Crippen molar-refractivity contribution in [2.24, 2.45) is 0 Å². The van der Waals surface area contributed by atoms with Gasteiger partial charge in [0.2, 0.25) is 0 Å². The molecule has 2 aliphatic rings. The van der Waals surface area contributed by atoms with Crippen molar-refractivity contribution in [3.05, 3.63) is 42.4 Å². The summed E-state index contributed by atoms with van der Waals surface area (Å²) in [6.45, 7) is 1.40. The lowest BCUT2D eigenvalue weighted by Crippen LogP contribution is -2.50. The van der Waals surface area contributed by atoms with Crippen LogP contribution < -0.4 is 10.6 Å². The maximum Gasteiger partial charge on any atom is 0.257 e. The molecule has 1 aliphatic carbocycles. The highest BCUT2D eigenvalue weighted by Crippen LogP contribution is 2.34. The highest BCUT2D eigenvalue weighted by Gasteiger charge is 2.31. The average molecular weight is 480 g/mol. The van der Waals surface area contributed by atoms with Crippen LogP contribution >= 0.6 is 0 Å². The lowest BCUT2D eigenvalue weighted by atomic mass is 9.89. The molecule has 0 bridgehead atoms. The van der Waals surface area contributed by atoms with Gasteiger partial charge in [0.05, 0.1) is 36.7 Å². The first-order chi connectivity index (χ1) is 17.1. The minimum atomic E-state index is -0.495. The number of carbonyl (C=O) groups is 1. The second kappa shape index (κ2) is 9.61. The molecule has 4 aromatic rings. The maximum atomic E-state index is 12.9. The summed E-state index contributed by atoms with van der Waals surface area (Å²) in [4.78, 5) is 22.4. The molecule has 11 heteroatoms. The smallest absolute Gasteiger partial charge is 0.257 e. The van der Waals surface area contributed by atoms with Crippen molar-refractivity contribution in [2.45, 2.75) is 37.5 Å². The number of nitrogens with zero attached hydrogens (tertiary/aromatic N) is 5. The third-order valence-corrected chi connectivity index (χ3v) is 6.69. The predicted octanol–water partition coefficient (Wildman–Crippen LogP) is 1.61. The lowest BCUT2D eigenvalue weighted by Gasteiger charge is -2.32. The highest BCUT2D eigenvalue weighted by molar-refractivity contribution is 6.01. The molecule has 0 aromatic carbocycles. The van der Waals surface area contributed by atoms with Gasteiger partial charge in [0.15, 0.2) is 5.65 Å². The van der Waals surface area contributed by atoms with E-state index < -0.39 is 6.10 Å². The number of aromatic nitrogens is 5. The summed E-state index contributed by atoms with van der Waals surface area (Å²) in [5.41, 5.74) is 3.38. The number of nitrogens with one attached hydrogen (secondary N) is 2. The van der Waals surface area contributed by atoms with Crippen LogP contribution in [-0.4, -0.2) is 79.8 Å².